The number of carbonyl (C=O) groups is 1. The molecule has 0 radical (unpaired) electrons. The molecule has 0 saturated carbocycles. The SMILES string of the molecule is CC(=O)Nc1ccc(F)cc1-c1cnc(-c2ccc(Cl)cc2)[nH]1. The normalized spacial score (nSPS) is 10.6. The number of nitrogens with one attached hydrogen (secondary N) is 2. The molecule has 2 N–H and O–H groups in total. The van der Waals surface area contributed by atoms with E-state index in [1.807, 2.05) is 12.1 Å². The number of benzene rings is 2. The third-order valence-electron chi connectivity index (χ3n) is 3.28. The molecule has 0 saturated heterocycles. The molecule has 2 aromatic carbocycles. The lowest BCUT2D eigenvalue weighted by atomic mass is 10.1. The van der Waals surface area contributed by atoms with E-state index in [0.29, 0.717) is 27.8 Å². The zero-order valence-corrected chi connectivity index (χ0v) is 13.0. The molecule has 0 bridgehead atoms. The van der Waals surface area contributed by atoms with Gasteiger partial charge in [0.25, 0.3) is 0 Å². The van der Waals surface area contributed by atoms with Crippen LogP contribution in [0.2, 0.25) is 5.02 Å². The summed E-state index contributed by atoms with van der Waals surface area (Å²) in [5.41, 5.74) is 2.52. The van der Waals surface area contributed by atoms with E-state index in [0.717, 1.165) is 5.56 Å². The molecule has 0 spiro atoms. The first-order valence-corrected chi connectivity index (χ1v) is 7.29. The summed E-state index contributed by atoms with van der Waals surface area (Å²) in [6.45, 7) is 1.40. The van der Waals surface area contributed by atoms with Crippen molar-refractivity contribution in [2.24, 2.45) is 0 Å². The lowest BCUT2D eigenvalue weighted by Crippen LogP contribution is -2.07. The van der Waals surface area contributed by atoms with Gasteiger partial charge in [-0.1, -0.05) is 11.6 Å². The zero-order chi connectivity index (χ0) is 16.4. The second-order valence-electron chi connectivity index (χ2n) is 5.02. The van der Waals surface area contributed by atoms with Crippen LogP contribution in [0.5, 0.6) is 0 Å². The molecule has 1 heterocycles. The molecule has 0 aliphatic carbocycles. The predicted molar refractivity (Wildman–Crippen MR) is 88.7 cm³/mol. The Morgan fingerprint density at radius 3 is 2.65 bits per heavy atom. The highest BCUT2D eigenvalue weighted by atomic mass is 35.5. The summed E-state index contributed by atoms with van der Waals surface area (Å²) in [4.78, 5) is 18.7. The lowest BCUT2D eigenvalue weighted by molar-refractivity contribution is -0.114. The third-order valence-corrected chi connectivity index (χ3v) is 3.53. The monoisotopic (exact) mass is 329 g/mol. The first-order chi connectivity index (χ1) is 11.0. The fourth-order valence-corrected chi connectivity index (χ4v) is 2.38. The van der Waals surface area contributed by atoms with Crippen molar-refractivity contribution in [3.8, 4) is 22.6 Å². The van der Waals surface area contributed by atoms with Gasteiger partial charge in [0, 0.05) is 23.1 Å². The van der Waals surface area contributed by atoms with Crippen LogP contribution in [-0.4, -0.2) is 15.9 Å². The number of nitrogens with zero attached hydrogens (tertiary/aromatic N) is 1. The average molecular weight is 330 g/mol. The highest BCUT2D eigenvalue weighted by molar-refractivity contribution is 6.30. The first kappa shape index (κ1) is 15.2. The molecule has 0 aliphatic heterocycles. The number of H-pyrrole nitrogens is 1. The van der Waals surface area contributed by atoms with Gasteiger partial charge in [0.05, 0.1) is 17.6 Å². The minimum atomic E-state index is -0.392. The minimum Gasteiger partial charge on any atom is -0.338 e. The number of anilines is 1. The third kappa shape index (κ3) is 3.40. The minimum absolute atomic E-state index is 0.227. The molecule has 116 valence electrons. The average Bonchev–Trinajstić information content (AvgIpc) is 2.99. The van der Waals surface area contributed by atoms with E-state index in [-0.39, 0.29) is 5.91 Å². The topological polar surface area (TPSA) is 57.8 Å². The second-order valence-corrected chi connectivity index (χ2v) is 5.46. The van der Waals surface area contributed by atoms with Crippen molar-refractivity contribution >= 4 is 23.2 Å². The maximum Gasteiger partial charge on any atom is 0.221 e. The van der Waals surface area contributed by atoms with Crippen LogP contribution in [0.15, 0.2) is 48.7 Å². The Balaban J connectivity index is 2.01. The van der Waals surface area contributed by atoms with Crippen LogP contribution in [0.1, 0.15) is 6.92 Å². The van der Waals surface area contributed by atoms with Crippen molar-refractivity contribution in [2.75, 3.05) is 5.32 Å². The number of aromatic nitrogens is 2. The summed E-state index contributed by atoms with van der Waals surface area (Å²) in [5, 5.41) is 3.32. The van der Waals surface area contributed by atoms with Gasteiger partial charge in [0.1, 0.15) is 11.6 Å². The van der Waals surface area contributed by atoms with Gasteiger partial charge in [0.15, 0.2) is 0 Å². The van der Waals surface area contributed by atoms with Crippen molar-refractivity contribution in [1.82, 2.24) is 9.97 Å². The molecular formula is C17H13ClFN3O. The molecule has 3 rings (SSSR count). The summed E-state index contributed by atoms with van der Waals surface area (Å²) in [6, 6.07) is 11.4. The van der Waals surface area contributed by atoms with Gasteiger partial charge in [-0.2, -0.15) is 0 Å². The van der Waals surface area contributed by atoms with Crippen LogP contribution in [0.4, 0.5) is 10.1 Å². The number of rotatable bonds is 3. The number of amides is 1. The van der Waals surface area contributed by atoms with Crippen molar-refractivity contribution in [1.29, 1.82) is 0 Å². The number of aromatic amines is 1. The molecule has 0 unspecified atom stereocenters. The fraction of sp³-hybridized carbons (Fsp3) is 0.0588. The summed E-state index contributed by atoms with van der Waals surface area (Å²) in [7, 11) is 0. The van der Waals surface area contributed by atoms with E-state index in [1.54, 1.807) is 18.3 Å². The molecule has 4 nitrogen and oxygen atoms in total. The number of carbonyl (C=O) groups excluding carboxylic acids is 1. The van der Waals surface area contributed by atoms with E-state index in [4.69, 9.17) is 11.6 Å². The Hall–Kier alpha value is -2.66. The van der Waals surface area contributed by atoms with Crippen molar-refractivity contribution < 1.29 is 9.18 Å². The predicted octanol–water partition coefficient (Wildman–Crippen LogP) is 4.49. The van der Waals surface area contributed by atoms with Crippen LogP contribution >= 0.6 is 11.6 Å². The van der Waals surface area contributed by atoms with Crippen molar-refractivity contribution in [3.05, 3.63) is 59.5 Å². The summed E-state index contributed by atoms with van der Waals surface area (Å²) < 4.78 is 13.6. The van der Waals surface area contributed by atoms with Crippen LogP contribution in [0, 0.1) is 5.82 Å². The highest BCUT2D eigenvalue weighted by Crippen LogP contribution is 2.29. The summed E-state index contributed by atoms with van der Waals surface area (Å²) in [6.07, 6.45) is 1.60. The molecule has 23 heavy (non-hydrogen) atoms. The Bertz CT molecular complexity index is 859. The van der Waals surface area contributed by atoms with E-state index in [9.17, 15) is 9.18 Å². The van der Waals surface area contributed by atoms with E-state index >= 15 is 0 Å². The Morgan fingerprint density at radius 1 is 1.22 bits per heavy atom. The first-order valence-electron chi connectivity index (χ1n) is 6.91. The lowest BCUT2D eigenvalue weighted by Gasteiger charge is -2.08. The van der Waals surface area contributed by atoms with Gasteiger partial charge in [0.2, 0.25) is 5.91 Å². The van der Waals surface area contributed by atoms with E-state index in [1.165, 1.54) is 25.1 Å². The number of halogens is 2. The van der Waals surface area contributed by atoms with Crippen LogP contribution in [0.3, 0.4) is 0 Å². The van der Waals surface area contributed by atoms with E-state index < -0.39 is 5.82 Å². The van der Waals surface area contributed by atoms with Gasteiger partial charge in [-0.3, -0.25) is 4.79 Å². The Morgan fingerprint density at radius 2 is 1.96 bits per heavy atom. The van der Waals surface area contributed by atoms with Crippen LogP contribution in [0.25, 0.3) is 22.6 Å². The Labute approximate surface area is 137 Å². The molecule has 3 aromatic rings. The second kappa shape index (κ2) is 6.22. The van der Waals surface area contributed by atoms with Gasteiger partial charge >= 0.3 is 0 Å². The zero-order valence-electron chi connectivity index (χ0n) is 12.2. The Kier molecular flexibility index (Phi) is 4.12. The molecule has 0 fully saturated rings. The largest absolute Gasteiger partial charge is 0.338 e. The standard InChI is InChI=1S/C17H13ClFN3O/c1-10(23)21-15-7-6-13(19)8-14(15)16-9-20-17(22-16)11-2-4-12(18)5-3-11/h2-9H,1H3,(H,20,22)(H,21,23). The summed E-state index contributed by atoms with van der Waals surface area (Å²) >= 11 is 5.87. The smallest absolute Gasteiger partial charge is 0.221 e. The maximum absolute atomic E-state index is 13.6. The molecule has 1 aromatic heterocycles. The summed E-state index contributed by atoms with van der Waals surface area (Å²) in [5.74, 6) is 0.0155. The molecule has 0 atom stereocenters. The van der Waals surface area contributed by atoms with Crippen LogP contribution in [-0.2, 0) is 4.79 Å². The molecule has 6 heteroatoms. The molecular weight excluding hydrogens is 317 g/mol. The number of hydrogen-bond acceptors (Lipinski definition) is 2. The maximum atomic E-state index is 13.6. The van der Waals surface area contributed by atoms with Gasteiger partial charge in [-0.25, -0.2) is 9.37 Å². The van der Waals surface area contributed by atoms with Gasteiger partial charge in [-0.05, 0) is 42.5 Å². The van der Waals surface area contributed by atoms with Gasteiger partial charge < -0.3 is 10.3 Å². The number of hydrogen-bond donors (Lipinski definition) is 2. The molecule has 1 amide bonds. The fourth-order valence-electron chi connectivity index (χ4n) is 2.25. The molecule has 0 aliphatic rings. The van der Waals surface area contributed by atoms with Crippen molar-refractivity contribution in [3.63, 3.8) is 0 Å². The highest BCUT2D eigenvalue weighted by Gasteiger charge is 2.11. The van der Waals surface area contributed by atoms with E-state index in [2.05, 4.69) is 15.3 Å². The van der Waals surface area contributed by atoms with Crippen LogP contribution < -0.4 is 5.32 Å². The van der Waals surface area contributed by atoms with Gasteiger partial charge in [-0.15, -0.1) is 0 Å². The van der Waals surface area contributed by atoms with Crippen molar-refractivity contribution in [2.45, 2.75) is 6.92 Å². The number of imidazole rings is 1. The quantitative estimate of drug-likeness (QED) is 0.743.